The summed E-state index contributed by atoms with van der Waals surface area (Å²) in [7, 11) is 0. The summed E-state index contributed by atoms with van der Waals surface area (Å²) >= 11 is 0. The van der Waals surface area contributed by atoms with E-state index in [2.05, 4.69) is 5.32 Å². The Balaban J connectivity index is 2.34. The molecule has 1 aliphatic rings. The van der Waals surface area contributed by atoms with Crippen molar-refractivity contribution >= 4 is 18.0 Å². The Labute approximate surface area is 124 Å². The first-order valence-electron chi connectivity index (χ1n) is 7.06. The molecule has 1 aliphatic heterocycles. The van der Waals surface area contributed by atoms with Crippen LogP contribution in [0.1, 0.15) is 34.1 Å². The maximum Gasteiger partial charge on any atom is 0.407 e. The first-order valence-corrected chi connectivity index (χ1v) is 7.06. The molecule has 0 aliphatic carbocycles. The Morgan fingerprint density at radius 2 is 2.10 bits per heavy atom. The first kappa shape index (κ1) is 17.3. The minimum Gasteiger partial charge on any atom is -0.481 e. The van der Waals surface area contributed by atoms with Gasteiger partial charge in [-0.05, 0) is 26.7 Å². The average Bonchev–Trinajstić information content (AvgIpc) is 2.66. The molecular formula is C14H24N2O5. The van der Waals surface area contributed by atoms with Crippen LogP contribution in [0.2, 0.25) is 0 Å². The predicted octanol–water partition coefficient (Wildman–Crippen LogP) is 1.08. The van der Waals surface area contributed by atoms with Crippen molar-refractivity contribution in [2.75, 3.05) is 19.6 Å². The van der Waals surface area contributed by atoms with Crippen molar-refractivity contribution in [2.45, 2.75) is 39.7 Å². The van der Waals surface area contributed by atoms with E-state index >= 15 is 0 Å². The number of nitrogens with zero attached hydrogens (tertiary/aromatic N) is 1. The molecule has 120 valence electrons. The van der Waals surface area contributed by atoms with Gasteiger partial charge in [0.25, 0.3) is 0 Å². The number of carbonyl (C=O) groups excluding carboxylic acids is 2. The first-order chi connectivity index (χ1) is 9.58. The van der Waals surface area contributed by atoms with Crippen molar-refractivity contribution in [3.8, 4) is 0 Å². The molecule has 1 rings (SSSR count). The smallest absolute Gasteiger partial charge is 0.407 e. The van der Waals surface area contributed by atoms with Gasteiger partial charge in [0.1, 0.15) is 5.60 Å². The number of hydrogen-bond donors (Lipinski definition) is 2. The van der Waals surface area contributed by atoms with Crippen molar-refractivity contribution in [1.29, 1.82) is 0 Å². The number of hydrogen-bond acceptors (Lipinski definition) is 4. The van der Waals surface area contributed by atoms with Crippen molar-refractivity contribution in [3.05, 3.63) is 0 Å². The van der Waals surface area contributed by atoms with Crippen molar-refractivity contribution in [2.24, 2.45) is 11.8 Å². The Kier molecular flexibility index (Phi) is 5.57. The standard InChI is InChI=1S/C14H24N2O5/c1-9(6-15-13(20)21-14(2,3)4)7-16-8-10(12(18)19)5-11(16)17/h9-10H,5-8H2,1-4H3,(H,15,20)(H,18,19). The number of likely N-dealkylation sites (tertiary alicyclic amines) is 1. The van der Waals surface area contributed by atoms with Crippen LogP contribution in [0.5, 0.6) is 0 Å². The van der Waals surface area contributed by atoms with Crippen LogP contribution in [-0.2, 0) is 14.3 Å². The topological polar surface area (TPSA) is 95.9 Å². The molecule has 1 heterocycles. The Morgan fingerprint density at radius 1 is 1.48 bits per heavy atom. The quantitative estimate of drug-likeness (QED) is 0.792. The second kappa shape index (κ2) is 6.78. The second-order valence-electron chi connectivity index (χ2n) is 6.53. The van der Waals surface area contributed by atoms with Crippen LogP contribution in [0.25, 0.3) is 0 Å². The molecule has 2 amide bonds. The van der Waals surface area contributed by atoms with E-state index in [-0.39, 0.29) is 24.8 Å². The van der Waals surface area contributed by atoms with E-state index in [1.165, 1.54) is 0 Å². The molecule has 21 heavy (non-hydrogen) atoms. The summed E-state index contributed by atoms with van der Waals surface area (Å²) in [6.45, 7) is 8.28. The van der Waals surface area contributed by atoms with E-state index in [9.17, 15) is 14.4 Å². The van der Waals surface area contributed by atoms with Crippen molar-refractivity contribution < 1.29 is 24.2 Å². The largest absolute Gasteiger partial charge is 0.481 e. The fourth-order valence-electron chi connectivity index (χ4n) is 2.13. The summed E-state index contributed by atoms with van der Waals surface area (Å²) in [6, 6.07) is 0. The van der Waals surface area contributed by atoms with Gasteiger partial charge in [0, 0.05) is 26.1 Å². The second-order valence-corrected chi connectivity index (χ2v) is 6.53. The lowest BCUT2D eigenvalue weighted by Crippen LogP contribution is -2.38. The van der Waals surface area contributed by atoms with Crippen LogP contribution in [-0.4, -0.2) is 53.2 Å². The molecule has 0 radical (unpaired) electrons. The summed E-state index contributed by atoms with van der Waals surface area (Å²) in [5.41, 5.74) is -0.549. The number of amides is 2. The van der Waals surface area contributed by atoms with Crippen LogP contribution >= 0.6 is 0 Å². The maximum atomic E-state index is 11.7. The third-order valence-corrected chi connectivity index (χ3v) is 3.09. The molecule has 2 unspecified atom stereocenters. The lowest BCUT2D eigenvalue weighted by atomic mass is 10.1. The summed E-state index contributed by atoms with van der Waals surface area (Å²) in [5, 5.41) is 11.6. The molecule has 0 bridgehead atoms. The van der Waals surface area contributed by atoms with Gasteiger partial charge < -0.3 is 20.1 Å². The van der Waals surface area contributed by atoms with Crippen LogP contribution in [0, 0.1) is 11.8 Å². The molecule has 1 saturated heterocycles. The number of carbonyl (C=O) groups is 3. The summed E-state index contributed by atoms with van der Waals surface area (Å²) in [6.07, 6.45) is -0.438. The Morgan fingerprint density at radius 3 is 2.57 bits per heavy atom. The van der Waals surface area contributed by atoms with E-state index in [4.69, 9.17) is 9.84 Å². The van der Waals surface area contributed by atoms with Crippen LogP contribution in [0.3, 0.4) is 0 Å². The summed E-state index contributed by atoms with van der Waals surface area (Å²) < 4.78 is 5.12. The predicted molar refractivity (Wildman–Crippen MR) is 75.7 cm³/mol. The molecule has 0 aromatic rings. The number of carboxylic acid groups (broad SMARTS) is 1. The third kappa shape index (κ3) is 6.01. The zero-order chi connectivity index (χ0) is 16.2. The van der Waals surface area contributed by atoms with Crippen LogP contribution in [0.15, 0.2) is 0 Å². The zero-order valence-corrected chi connectivity index (χ0v) is 13.0. The van der Waals surface area contributed by atoms with Gasteiger partial charge in [0.15, 0.2) is 0 Å². The summed E-state index contributed by atoms with van der Waals surface area (Å²) in [5.74, 6) is -1.69. The van der Waals surface area contributed by atoms with Gasteiger partial charge >= 0.3 is 12.1 Å². The van der Waals surface area contributed by atoms with Gasteiger partial charge in [-0.15, -0.1) is 0 Å². The lowest BCUT2D eigenvalue weighted by Gasteiger charge is -2.23. The molecule has 2 N–H and O–H groups in total. The third-order valence-electron chi connectivity index (χ3n) is 3.09. The molecule has 1 fully saturated rings. The fraction of sp³-hybridized carbons (Fsp3) is 0.786. The highest BCUT2D eigenvalue weighted by Crippen LogP contribution is 2.19. The highest BCUT2D eigenvalue weighted by atomic mass is 16.6. The fourth-order valence-corrected chi connectivity index (χ4v) is 2.13. The van der Waals surface area contributed by atoms with Gasteiger partial charge in [-0.25, -0.2) is 4.79 Å². The Hall–Kier alpha value is -1.79. The van der Waals surface area contributed by atoms with E-state index in [0.29, 0.717) is 13.1 Å². The highest BCUT2D eigenvalue weighted by molar-refractivity contribution is 5.86. The number of ether oxygens (including phenoxy) is 1. The number of nitrogens with one attached hydrogen (secondary N) is 1. The van der Waals surface area contributed by atoms with Gasteiger partial charge in [0.05, 0.1) is 5.92 Å². The van der Waals surface area contributed by atoms with Crippen molar-refractivity contribution in [1.82, 2.24) is 10.2 Å². The van der Waals surface area contributed by atoms with E-state index in [1.54, 1.807) is 25.7 Å². The minimum absolute atomic E-state index is 0.0222. The molecule has 0 spiro atoms. The number of carboxylic acids is 1. The highest BCUT2D eigenvalue weighted by Gasteiger charge is 2.34. The summed E-state index contributed by atoms with van der Waals surface area (Å²) in [4.78, 5) is 35.6. The monoisotopic (exact) mass is 300 g/mol. The van der Waals surface area contributed by atoms with Gasteiger partial charge in [0.2, 0.25) is 5.91 Å². The van der Waals surface area contributed by atoms with Gasteiger partial charge in [-0.3, -0.25) is 9.59 Å². The Bertz CT molecular complexity index is 416. The molecule has 7 heteroatoms. The number of aliphatic carboxylic acids is 1. The number of rotatable bonds is 5. The van der Waals surface area contributed by atoms with E-state index < -0.39 is 23.6 Å². The van der Waals surface area contributed by atoms with Crippen LogP contribution in [0.4, 0.5) is 4.79 Å². The SMILES string of the molecule is CC(CNC(=O)OC(C)(C)C)CN1CC(C(=O)O)CC1=O. The van der Waals surface area contributed by atoms with Gasteiger partial charge in [-0.1, -0.05) is 6.92 Å². The average molecular weight is 300 g/mol. The van der Waals surface area contributed by atoms with Crippen LogP contribution < -0.4 is 5.32 Å². The molecule has 0 aromatic carbocycles. The minimum atomic E-state index is -0.939. The molecule has 0 aromatic heterocycles. The maximum absolute atomic E-state index is 11.7. The van der Waals surface area contributed by atoms with E-state index in [0.717, 1.165) is 0 Å². The zero-order valence-electron chi connectivity index (χ0n) is 13.0. The number of alkyl carbamates (subject to hydrolysis) is 1. The molecule has 7 nitrogen and oxygen atoms in total. The molecule has 2 atom stereocenters. The normalized spacial score (nSPS) is 20.3. The lowest BCUT2D eigenvalue weighted by molar-refractivity contribution is -0.141. The molecule has 0 saturated carbocycles. The van der Waals surface area contributed by atoms with E-state index in [1.807, 2.05) is 6.92 Å². The molecular weight excluding hydrogens is 276 g/mol. The van der Waals surface area contributed by atoms with Gasteiger partial charge in [-0.2, -0.15) is 0 Å². The van der Waals surface area contributed by atoms with Crippen molar-refractivity contribution in [3.63, 3.8) is 0 Å².